The summed E-state index contributed by atoms with van der Waals surface area (Å²) < 4.78 is 14.8. The number of methoxy groups -OCH3 is 1. The van der Waals surface area contributed by atoms with Crippen LogP contribution < -0.4 is 15.0 Å². The minimum Gasteiger partial charge on any atom is -0.493 e. The quantitative estimate of drug-likeness (QED) is 0.859. The van der Waals surface area contributed by atoms with Crippen LogP contribution in [0.25, 0.3) is 11.3 Å². The summed E-state index contributed by atoms with van der Waals surface area (Å²) in [7, 11) is 1.17. The molecule has 0 saturated carbocycles. The molecule has 0 aliphatic rings. The van der Waals surface area contributed by atoms with E-state index in [0.29, 0.717) is 18.1 Å². The normalized spacial score (nSPS) is 10.1. The van der Waals surface area contributed by atoms with Gasteiger partial charge in [0, 0.05) is 5.56 Å². The molecule has 6 nitrogen and oxygen atoms in total. The SMILES string of the molecule is CCCOc1ccccc1-c1ccc(OC(=O)OC)c(=O)[nH]1. The molecular formula is C16H17NO5. The smallest absolute Gasteiger partial charge is 0.493 e. The number of para-hydroxylation sites is 1. The van der Waals surface area contributed by atoms with Crippen LogP contribution in [0.15, 0.2) is 41.2 Å². The fourth-order valence-electron chi connectivity index (χ4n) is 1.86. The molecule has 0 saturated heterocycles. The second kappa shape index (κ2) is 7.31. The van der Waals surface area contributed by atoms with Gasteiger partial charge in [0.2, 0.25) is 0 Å². The second-order valence-corrected chi connectivity index (χ2v) is 4.47. The van der Waals surface area contributed by atoms with Gasteiger partial charge in [0.15, 0.2) is 5.75 Å². The zero-order valence-corrected chi connectivity index (χ0v) is 12.4. The summed E-state index contributed by atoms with van der Waals surface area (Å²) in [6.45, 7) is 2.61. The van der Waals surface area contributed by atoms with Gasteiger partial charge in [0.1, 0.15) is 5.75 Å². The molecule has 0 radical (unpaired) electrons. The lowest BCUT2D eigenvalue weighted by Gasteiger charge is -2.11. The topological polar surface area (TPSA) is 77.6 Å². The lowest BCUT2D eigenvalue weighted by molar-refractivity contribution is 0.121. The third-order valence-corrected chi connectivity index (χ3v) is 2.87. The highest BCUT2D eigenvalue weighted by Crippen LogP contribution is 2.28. The Morgan fingerprint density at radius 1 is 1.14 bits per heavy atom. The molecule has 0 atom stereocenters. The number of aromatic amines is 1. The number of hydrogen-bond acceptors (Lipinski definition) is 5. The predicted molar refractivity (Wildman–Crippen MR) is 81.3 cm³/mol. The molecule has 0 amide bonds. The third kappa shape index (κ3) is 3.66. The molecule has 6 heteroatoms. The predicted octanol–water partition coefficient (Wildman–Crippen LogP) is 2.98. The van der Waals surface area contributed by atoms with E-state index in [9.17, 15) is 9.59 Å². The number of H-pyrrole nitrogens is 1. The number of hydrogen-bond donors (Lipinski definition) is 1. The number of carbonyl (C=O) groups is 1. The van der Waals surface area contributed by atoms with Crippen LogP contribution >= 0.6 is 0 Å². The summed E-state index contributed by atoms with van der Waals surface area (Å²) in [6, 6.07) is 10.5. The molecule has 0 bridgehead atoms. The number of nitrogens with one attached hydrogen (secondary N) is 1. The summed E-state index contributed by atoms with van der Waals surface area (Å²) >= 11 is 0. The van der Waals surface area contributed by atoms with Crippen molar-refractivity contribution in [3.63, 3.8) is 0 Å². The van der Waals surface area contributed by atoms with Crippen LogP contribution in [-0.4, -0.2) is 24.9 Å². The Labute approximate surface area is 127 Å². The van der Waals surface area contributed by atoms with E-state index >= 15 is 0 Å². The van der Waals surface area contributed by atoms with Crippen molar-refractivity contribution in [2.75, 3.05) is 13.7 Å². The number of carbonyl (C=O) groups excluding carboxylic acids is 1. The van der Waals surface area contributed by atoms with Crippen LogP contribution in [0.3, 0.4) is 0 Å². The Morgan fingerprint density at radius 2 is 1.91 bits per heavy atom. The van der Waals surface area contributed by atoms with Gasteiger partial charge in [0.25, 0.3) is 5.56 Å². The Hall–Kier alpha value is -2.76. The van der Waals surface area contributed by atoms with Crippen LogP contribution in [-0.2, 0) is 4.74 Å². The lowest BCUT2D eigenvalue weighted by Crippen LogP contribution is -2.16. The van der Waals surface area contributed by atoms with Gasteiger partial charge >= 0.3 is 6.16 Å². The molecule has 0 fully saturated rings. The van der Waals surface area contributed by atoms with Gasteiger partial charge in [-0.05, 0) is 30.7 Å². The second-order valence-electron chi connectivity index (χ2n) is 4.47. The maximum atomic E-state index is 12.0. The molecular weight excluding hydrogens is 286 g/mol. The molecule has 1 N–H and O–H groups in total. The molecule has 0 unspecified atom stereocenters. The lowest BCUT2D eigenvalue weighted by atomic mass is 10.1. The molecule has 0 aliphatic carbocycles. The molecule has 22 heavy (non-hydrogen) atoms. The number of aromatic nitrogens is 1. The standard InChI is InChI=1S/C16H17NO5/c1-3-10-21-13-7-5-4-6-11(13)12-8-9-14(15(18)17-12)22-16(19)20-2/h4-9H,3,10H2,1-2H3,(H,17,18). The van der Waals surface area contributed by atoms with Crippen LogP contribution in [0.5, 0.6) is 11.5 Å². The summed E-state index contributed by atoms with van der Waals surface area (Å²) in [6.07, 6.45) is -0.0542. The van der Waals surface area contributed by atoms with Gasteiger partial charge in [0.05, 0.1) is 19.4 Å². The van der Waals surface area contributed by atoms with Crippen LogP contribution in [0.1, 0.15) is 13.3 Å². The monoisotopic (exact) mass is 303 g/mol. The molecule has 2 rings (SSSR count). The van der Waals surface area contributed by atoms with Crippen LogP contribution in [0.4, 0.5) is 4.79 Å². The van der Waals surface area contributed by atoms with Gasteiger partial charge in [-0.2, -0.15) is 0 Å². The average molecular weight is 303 g/mol. The fourth-order valence-corrected chi connectivity index (χ4v) is 1.86. The first-order valence-electron chi connectivity index (χ1n) is 6.87. The van der Waals surface area contributed by atoms with E-state index in [-0.39, 0.29) is 5.75 Å². The highest BCUT2D eigenvalue weighted by Gasteiger charge is 2.11. The van der Waals surface area contributed by atoms with Crippen molar-refractivity contribution in [2.24, 2.45) is 0 Å². The third-order valence-electron chi connectivity index (χ3n) is 2.87. The van der Waals surface area contributed by atoms with Crippen molar-refractivity contribution in [2.45, 2.75) is 13.3 Å². The van der Waals surface area contributed by atoms with Gasteiger partial charge in [-0.1, -0.05) is 19.1 Å². The Kier molecular flexibility index (Phi) is 5.19. The minimum atomic E-state index is -0.940. The zero-order chi connectivity index (χ0) is 15.9. The first-order chi connectivity index (χ1) is 10.7. The van der Waals surface area contributed by atoms with Crippen molar-refractivity contribution >= 4 is 6.16 Å². The Morgan fingerprint density at radius 3 is 2.59 bits per heavy atom. The van der Waals surface area contributed by atoms with Crippen molar-refractivity contribution in [3.05, 3.63) is 46.8 Å². The highest BCUT2D eigenvalue weighted by molar-refractivity contribution is 5.68. The Balaban J connectivity index is 2.32. The van der Waals surface area contributed by atoms with E-state index in [0.717, 1.165) is 12.0 Å². The molecule has 0 aliphatic heterocycles. The average Bonchev–Trinajstić information content (AvgIpc) is 2.55. The first kappa shape index (κ1) is 15.6. The first-order valence-corrected chi connectivity index (χ1v) is 6.87. The molecule has 116 valence electrons. The highest BCUT2D eigenvalue weighted by atomic mass is 16.7. The van der Waals surface area contributed by atoms with Crippen LogP contribution in [0, 0.1) is 0 Å². The molecule has 1 aromatic carbocycles. The Bertz CT molecular complexity index is 708. The summed E-state index contributed by atoms with van der Waals surface area (Å²) in [5.74, 6) is 0.559. The molecule has 1 heterocycles. The van der Waals surface area contributed by atoms with Gasteiger partial charge < -0.3 is 19.2 Å². The summed E-state index contributed by atoms with van der Waals surface area (Å²) in [5, 5.41) is 0. The molecule has 0 spiro atoms. The van der Waals surface area contributed by atoms with E-state index < -0.39 is 11.7 Å². The number of ether oxygens (including phenoxy) is 3. The van der Waals surface area contributed by atoms with E-state index in [1.54, 1.807) is 6.07 Å². The van der Waals surface area contributed by atoms with Gasteiger partial charge in [-0.3, -0.25) is 4.79 Å². The maximum absolute atomic E-state index is 12.0. The number of benzene rings is 1. The minimum absolute atomic E-state index is 0.123. The summed E-state index contributed by atoms with van der Waals surface area (Å²) in [4.78, 5) is 25.7. The van der Waals surface area contributed by atoms with Crippen molar-refractivity contribution in [1.82, 2.24) is 4.98 Å². The van der Waals surface area contributed by atoms with E-state index in [4.69, 9.17) is 9.47 Å². The number of rotatable bonds is 5. The number of pyridine rings is 1. The van der Waals surface area contributed by atoms with Crippen molar-refractivity contribution in [3.8, 4) is 22.8 Å². The summed E-state index contributed by atoms with van der Waals surface area (Å²) in [5.41, 5.74) is 0.819. The van der Waals surface area contributed by atoms with E-state index in [1.807, 2.05) is 31.2 Å². The van der Waals surface area contributed by atoms with Gasteiger partial charge in [-0.15, -0.1) is 0 Å². The van der Waals surface area contributed by atoms with Crippen LogP contribution in [0.2, 0.25) is 0 Å². The molecule has 2 aromatic rings. The van der Waals surface area contributed by atoms with E-state index in [1.165, 1.54) is 13.2 Å². The molecule has 1 aromatic heterocycles. The largest absolute Gasteiger partial charge is 0.513 e. The zero-order valence-electron chi connectivity index (χ0n) is 12.4. The fraction of sp³-hybridized carbons (Fsp3) is 0.250. The van der Waals surface area contributed by atoms with Crippen molar-refractivity contribution < 1.29 is 19.0 Å². The maximum Gasteiger partial charge on any atom is 0.513 e. The van der Waals surface area contributed by atoms with Gasteiger partial charge in [-0.25, -0.2) is 4.79 Å². The van der Waals surface area contributed by atoms with E-state index in [2.05, 4.69) is 9.72 Å². The van der Waals surface area contributed by atoms with Crippen molar-refractivity contribution in [1.29, 1.82) is 0 Å².